The van der Waals surface area contributed by atoms with Crippen LogP contribution in [0.1, 0.15) is 17.5 Å². The van der Waals surface area contributed by atoms with Crippen LogP contribution in [-0.4, -0.2) is 24.9 Å². The minimum absolute atomic E-state index is 0.346. The highest BCUT2D eigenvalue weighted by Crippen LogP contribution is 2.07. The van der Waals surface area contributed by atoms with Gasteiger partial charge in [0.15, 0.2) is 0 Å². The molecule has 0 aliphatic heterocycles. The molecular weight excluding hydrogens is 176 g/mol. The molecule has 0 amide bonds. The minimum atomic E-state index is -0.346. The second-order valence-electron chi connectivity index (χ2n) is 3.63. The molecule has 0 aliphatic carbocycles. The topological polar surface area (TPSA) is 29.5 Å². The van der Waals surface area contributed by atoms with E-state index in [0.717, 1.165) is 12.8 Å². The zero-order valence-electron chi connectivity index (χ0n) is 8.86. The maximum atomic E-state index is 9.44. The fourth-order valence-corrected chi connectivity index (χ4v) is 1.36. The highest BCUT2D eigenvalue weighted by atomic mass is 16.5. The SMILES string of the molecule is COCC(O)CCc1ccc(C)cc1. The van der Waals surface area contributed by atoms with Crippen molar-refractivity contribution < 1.29 is 9.84 Å². The van der Waals surface area contributed by atoms with Crippen molar-refractivity contribution in [2.24, 2.45) is 0 Å². The van der Waals surface area contributed by atoms with E-state index >= 15 is 0 Å². The number of hydrogen-bond acceptors (Lipinski definition) is 2. The van der Waals surface area contributed by atoms with Crippen LogP contribution in [0.15, 0.2) is 24.3 Å². The van der Waals surface area contributed by atoms with Gasteiger partial charge >= 0.3 is 0 Å². The molecule has 0 heterocycles. The second-order valence-corrected chi connectivity index (χ2v) is 3.63. The fraction of sp³-hybridized carbons (Fsp3) is 0.500. The third kappa shape index (κ3) is 3.90. The number of ether oxygens (including phenoxy) is 1. The van der Waals surface area contributed by atoms with E-state index in [9.17, 15) is 5.11 Å². The van der Waals surface area contributed by atoms with Gasteiger partial charge in [0.2, 0.25) is 0 Å². The van der Waals surface area contributed by atoms with Crippen LogP contribution in [0.4, 0.5) is 0 Å². The summed E-state index contributed by atoms with van der Waals surface area (Å²) in [5.74, 6) is 0. The summed E-state index contributed by atoms with van der Waals surface area (Å²) in [6.45, 7) is 2.50. The van der Waals surface area contributed by atoms with Crippen LogP contribution in [0.5, 0.6) is 0 Å². The van der Waals surface area contributed by atoms with Gasteiger partial charge in [-0.1, -0.05) is 29.8 Å². The maximum Gasteiger partial charge on any atom is 0.0776 e. The smallest absolute Gasteiger partial charge is 0.0776 e. The van der Waals surface area contributed by atoms with Gasteiger partial charge in [0.1, 0.15) is 0 Å². The molecule has 1 aromatic rings. The first kappa shape index (κ1) is 11.2. The third-order valence-corrected chi connectivity index (χ3v) is 2.25. The van der Waals surface area contributed by atoms with Crippen LogP contribution >= 0.6 is 0 Å². The standard InChI is InChI=1S/C12H18O2/c1-10-3-5-11(6-4-10)7-8-12(13)9-14-2/h3-6,12-13H,7-9H2,1-2H3. The first-order valence-electron chi connectivity index (χ1n) is 4.95. The Hall–Kier alpha value is -0.860. The molecule has 1 aromatic carbocycles. The lowest BCUT2D eigenvalue weighted by molar-refractivity contribution is 0.0595. The Labute approximate surface area is 85.5 Å². The van der Waals surface area contributed by atoms with Gasteiger partial charge in [-0.05, 0) is 25.3 Å². The largest absolute Gasteiger partial charge is 0.391 e. The number of aliphatic hydroxyl groups is 1. The molecule has 0 radical (unpaired) electrons. The highest BCUT2D eigenvalue weighted by molar-refractivity contribution is 5.21. The van der Waals surface area contributed by atoms with E-state index in [0.29, 0.717) is 6.61 Å². The first-order chi connectivity index (χ1) is 6.72. The summed E-state index contributed by atoms with van der Waals surface area (Å²) in [5, 5.41) is 9.44. The van der Waals surface area contributed by atoms with Crippen molar-refractivity contribution in [1.82, 2.24) is 0 Å². The molecule has 0 spiro atoms. The van der Waals surface area contributed by atoms with Crippen molar-refractivity contribution in [3.63, 3.8) is 0 Å². The lowest BCUT2D eigenvalue weighted by Gasteiger charge is -2.08. The number of benzene rings is 1. The van der Waals surface area contributed by atoms with Crippen molar-refractivity contribution >= 4 is 0 Å². The number of methoxy groups -OCH3 is 1. The summed E-state index contributed by atoms with van der Waals surface area (Å²) >= 11 is 0. The summed E-state index contributed by atoms with van der Waals surface area (Å²) in [6.07, 6.45) is 1.32. The van der Waals surface area contributed by atoms with E-state index in [2.05, 4.69) is 31.2 Å². The van der Waals surface area contributed by atoms with Crippen LogP contribution < -0.4 is 0 Å². The summed E-state index contributed by atoms with van der Waals surface area (Å²) in [6, 6.07) is 8.40. The van der Waals surface area contributed by atoms with Gasteiger partial charge in [-0.2, -0.15) is 0 Å². The van der Waals surface area contributed by atoms with Crippen LogP contribution in [0.2, 0.25) is 0 Å². The quantitative estimate of drug-likeness (QED) is 0.776. The molecule has 0 aliphatic rings. The van der Waals surface area contributed by atoms with Crippen LogP contribution in [0, 0.1) is 6.92 Å². The van der Waals surface area contributed by atoms with Crippen molar-refractivity contribution in [2.75, 3.05) is 13.7 Å². The summed E-state index contributed by atoms with van der Waals surface area (Å²) in [5.41, 5.74) is 2.54. The van der Waals surface area contributed by atoms with Gasteiger partial charge in [0, 0.05) is 7.11 Å². The van der Waals surface area contributed by atoms with Crippen molar-refractivity contribution in [2.45, 2.75) is 25.9 Å². The lowest BCUT2D eigenvalue weighted by Crippen LogP contribution is -2.14. The second kappa shape index (κ2) is 5.78. The van der Waals surface area contributed by atoms with Gasteiger partial charge in [0.05, 0.1) is 12.7 Å². The molecule has 0 bridgehead atoms. The third-order valence-electron chi connectivity index (χ3n) is 2.25. The Morgan fingerprint density at radius 3 is 2.50 bits per heavy atom. The van der Waals surface area contributed by atoms with E-state index in [4.69, 9.17) is 4.74 Å². The molecule has 1 atom stereocenters. The number of rotatable bonds is 5. The molecule has 0 saturated heterocycles. The molecule has 2 heteroatoms. The molecule has 1 rings (SSSR count). The predicted octanol–water partition coefficient (Wildman–Crippen LogP) is 1.93. The van der Waals surface area contributed by atoms with Crippen LogP contribution in [-0.2, 0) is 11.2 Å². The van der Waals surface area contributed by atoms with Crippen molar-refractivity contribution in [3.05, 3.63) is 35.4 Å². The van der Waals surface area contributed by atoms with Gasteiger partial charge < -0.3 is 9.84 Å². The van der Waals surface area contributed by atoms with Gasteiger partial charge in [-0.25, -0.2) is 0 Å². The summed E-state index contributed by atoms with van der Waals surface area (Å²) in [4.78, 5) is 0. The summed E-state index contributed by atoms with van der Waals surface area (Å²) in [7, 11) is 1.61. The molecular formula is C12H18O2. The lowest BCUT2D eigenvalue weighted by atomic mass is 10.1. The Kier molecular flexibility index (Phi) is 4.63. The van der Waals surface area contributed by atoms with E-state index in [1.54, 1.807) is 7.11 Å². The normalized spacial score (nSPS) is 12.8. The summed E-state index contributed by atoms with van der Waals surface area (Å²) < 4.78 is 4.86. The minimum Gasteiger partial charge on any atom is -0.391 e. The Morgan fingerprint density at radius 1 is 1.29 bits per heavy atom. The predicted molar refractivity (Wildman–Crippen MR) is 57.4 cm³/mol. The number of aliphatic hydroxyl groups excluding tert-OH is 1. The molecule has 1 N–H and O–H groups in total. The van der Waals surface area contributed by atoms with Crippen molar-refractivity contribution in [3.8, 4) is 0 Å². The Bertz CT molecular complexity index is 254. The molecule has 78 valence electrons. The van der Waals surface area contributed by atoms with Gasteiger partial charge in [0.25, 0.3) is 0 Å². The average Bonchev–Trinajstić information content (AvgIpc) is 2.17. The Morgan fingerprint density at radius 2 is 1.93 bits per heavy atom. The molecule has 14 heavy (non-hydrogen) atoms. The highest BCUT2D eigenvalue weighted by Gasteiger charge is 2.03. The van der Waals surface area contributed by atoms with E-state index in [-0.39, 0.29) is 6.10 Å². The molecule has 0 saturated carbocycles. The number of aryl methyl sites for hydroxylation is 2. The van der Waals surface area contributed by atoms with E-state index < -0.39 is 0 Å². The van der Waals surface area contributed by atoms with E-state index in [1.165, 1.54) is 11.1 Å². The molecule has 1 unspecified atom stereocenters. The average molecular weight is 194 g/mol. The number of hydrogen-bond donors (Lipinski definition) is 1. The molecule has 2 nitrogen and oxygen atoms in total. The fourth-order valence-electron chi connectivity index (χ4n) is 1.36. The Balaban J connectivity index is 2.34. The van der Waals surface area contributed by atoms with E-state index in [1.807, 2.05) is 0 Å². The molecule has 0 aromatic heterocycles. The first-order valence-corrected chi connectivity index (χ1v) is 4.95. The molecule has 0 fully saturated rings. The maximum absolute atomic E-state index is 9.44. The van der Waals surface area contributed by atoms with Crippen LogP contribution in [0.3, 0.4) is 0 Å². The van der Waals surface area contributed by atoms with Gasteiger partial charge in [-0.3, -0.25) is 0 Å². The van der Waals surface area contributed by atoms with Crippen LogP contribution in [0.25, 0.3) is 0 Å². The zero-order chi connectivity index (χ0) is 10.4. The monoisotopic (exact) mass is 194 g/mol. The van der Waals surface area contributed by atoms with Crippen molar-refractivity contribution in [1.29, 1.82) is 0 Å². The zero-order valence-corrected chi connectivity index (χ0v) is 8.86. The van der Waals surface area contributed by atoms with Gasteiger partial charge in [-0.15, -0.1) is 0 Å².